The topological polar surface area (TPSA) is 117 Å². The molecule has 1 saturated carbocycles. The normalized spacial score (nSPS) is 15.9. The third-order valence-corrected chi connectivity index (χ3v) is 7.72. The first-order valence-corrected chi connectivity index (χ1v) is 15.0. The predicted octanol–water partition coefficient (Wildman–Crippen LogP) is 6.54. The van der Waals surface area contributed by atoms with Gasteiger partial charge in [-0.2, -0.15) is 0 Å². The molecule has 2 amide bonds. The quantitative estimate of drug-likeness (QED) is 0.177. The molecule has 45 heavy (non-hydrogen) atoms. The fraction of sp³-hybridized carbons (Fsp3) is 0.250. The molecule has 1 aliphatic rings. The largest absolute Gasteiger partial charge is 0.490 e. The maximum Gasteiger partial charge on any atom is 0.337 e. The standard InChI is InChI=1S/C36H37N3O6/c1-39(2)27-7-5-6-25(23-27)35(41)37-26-12-16-29(17-13-26)45-31-20-18-30(19-21-31)44-28-14-10-24(11-15-28)22-34(40)38-33-9-4-3-8-32(33)36(42)43/h3-11,14-15,18-21,23,26,29H,12-13,16-17,22H2,1-2H3,(H,37,41)(H,38,40)(H,42,43). The first-order chi connectivity index (χ1) is 21.7. The van der Waals surface area contributed by atoms with Crippen molar-refractivity contribution in [2.75, 3.05) is 24.3 Å². The van der Waals surface area contributed by atoms with Crippen molar-refractivity contribution in [2.45, 2.75) is 44.2 Å². The van der Waals surface area contributed by atoms with Gasteiger partial charge in [-0.1, -0.05) is 30.3 Å². The predicted molar refractivity (Wildman–Crippen MR) is 174 cm³/mol. The van der Waals surface area contributed by atoms with Crippen molar-refractivity contribution < 1.29 is 29.0 Å². The zero-order valence-electron chi connectivity index (χ0n) is 25.4. The van der Waals surface area contributed by atoms with Gasteiger partial charge in [0.1, 0.15) is 17.2 Å². The second kappa shape index (κ2) is 14.4. The van der Waals surface area contributed by atoms with Crippen LogP contribution < -0.4 is 25.0 Å². The molecule has 0 radical (unpaired) electrons. The Morgan fingerprint density at radius 3 is 2.11 bits per heavy atom. The minimum atomic E-state index is -1.10. The summed E-state index contributed by atoms with van der Waals surface area (Å²) in [6.07, 6.45) is 3.62. The lowest BCUT2D eigenvalue weighted by atomic mass is 9.92. The number of ether oxygens (including phenoxy) is 2. The summed E-state index contributed by atoms with van der Waals surface area (Å²) in [5.74, 6) is 0.594. The Morgan fingerprint density at radius 2 is 1.44 bits per heavy atom. The molecule has 0 bridgehead atoms. The molecule has 4 aromatic rings. The number of hydrogen-bond acceptors (Lipinski definition) is 6. The van der Waals surface area contributed by atoms with Crippen LogP contribution in [0.5, 0.6) is 17.2 Å². The fourth-order valence-corrected chi connectivity index (χ4v) is 5.27. The van der Waals surface area contributed by atoms with Crippen molar-refractivity contribution in [1.29, 1.82) is 0 Å². The Hall–Kier alpha value is -5.31. The van der Waals surface area contributed by atoms with Crippen LogP contribution in [0.2, 0.25) is 0 Å². The summed E-state index contributed by atoms with van der Waals surface area (Å²) in [5.41, 5.74) is 2.74. The summed E-state index contributed by atoms with van der Waals surface area (Å²) in [5, 5.41) is 15.1. The van der Waals surface area contributed by atoms with E-state index in [4.69, 9.17) is 9.47 Å². The highest BCUT2D eigenvalue weighted by Gasteiger charge is 2.24. The molecule has 0 unspecified atom stereocenters. The van der Waals surface area contributed by atoms with Crippen LogP contribution in [0.1, 0.15) is 52.0 Å². The maximum atomic E-state index is 12.8. The minimum Gasteiger partial charge on any atom is -0.490 e. The number of carboxylic acid groups (broad SMARTS) is 1. The summed E-state index contributed by atoms with van der Waals surface area (Å²) in [4.78, 5) is 38.6. The maximum absolute atomic E-state index is 12.8. The molecular formula is C36H37N3O6. The molecule has 5 rings (SSSR count). The highest BCUT2D eigenvalue weighted by atomic mass is 16.5. The monoisotopic (exact) mass is 607 g/mol. The van der Waals surface area contributed by atoms with Crippen LogP contribution >= 0.6 is 0 Å². The van der Waals surface area contributed by atoms with Crippen LogP contribution in [-0.2, 0) is 11.2 Å². The number of carboxylic acids is 1. The van der Waals surface area contributed by atoms with Crippen molar-refractivity contribution in [3.63, 3.8) is 0 Å². The van der Waals surface area contributed by atoms with Crippen LogP contribution in [0.25, 0.3) is 0 Å². The molecule has 0 spiro atoms. The van der Waals surface area contributed by atoms with Gasteiger partial charge in [0.2, 0.25) is 5.91 Å². The van der Waals surface area contributed by atoms with E-state index in [1.807, 2.05) is 67.5 Å². The third kappa shape index (κ3) is 8.63. The molecule has 9 heteroatoms. The summed E-state index contributed by atoms with van der Waals surface area (Å²) in [6.45, 7) is 0. The van der Waals surface area contributed by atoms with E-state index in [-0.39, 0.29) is 41.6 Å². The molecule has 1 fully saturated rings. The van der Waals surface area contributed by atoms with Crippen LogP contribution in [0, 0.1) is 0 Å². The molecule has 232 valence electrons. The lowest BCUT2D eigenvalue weighted by Crippen LogP contribution is -2.39. The number of hydrogen-bond donors (Lipinski definition) is 3. The lowest BCUT2D eigenvalue weighted by Gasteiger charge is -2.29. The van der Waals surface area contributed by atoms with Gasteiger partial charge in [-0.15, -0.1) is 0 Å². The van der Waals surface area contributed by atoms with Gasteiger partial charge in [-0.25, -0.2) is 4.79 Å². The molecule has 9 nitrogen and oxygen atoms in total. The number of anilines is 2. The number of rotatable bonds is 11. The molecule has 0 heterocycles. The Labute approximate surface area is 262 Å². The molecule has 3 N–H and O–H groups in total. The average molecular weight is 608 g/mol. The Kier molecular flexibility index (Phi) is 9.99. The summed E-state index contributed by atoms with van der Waals surface area (Å²) in [6, 6.07) is 28.7. The van der Waals surface area contributed by atoms with Crippen LogP contribution in [0.15, 0.2) is 97.1 Å². The highest BCUT2D eigenvalue weighted by molar-refractivity contribution is 6.01. The minimum absolute atomic E-state index is 0.0434. The lowest BCUT2D eigenvalue weighted by molar-refractivity contribution is -0.115. The molecule has 4 aromatic carbocycles. The van der Waals surface area contributed by atoms with E-state index in [0.717, 1.165) is 42.7 Å². The van der Waals surface area contributed by atoms with Crippen molar-refractivity contribution in [3.05, 3.63) is 114 Å². The van der Waals surface area contributed by atoms with E-state index >= 15 is 0 Å². The molecule has 0 atom stereocenters. The molecule has 0 aromatic heterocycles. The van der Waals surface area contributed by atoms with Crippen molar-refractivity contribution in [2.24, 2.45) is 0 Å². The van der Waals surface area contributed by atoms with Gasteiger partial charge in [0.05, 0.1) is 23.8 Å². The first kappa shape index (κ1) is 31.1. The van der Waals surface area contributed by atoms with Crippen LogP contribution in [-0.4, -0.2) is 49.1 Å². The SMILES string of the molecule is CN(C)c1cccc(C(=O)NC2CCC(Oc3ccc(Oc4ccc(CC(=O)Nc5ccccc5C(=O)O)cc4)cc3)CC2)c1. The molecular weight excluding hydrogens is 570 g/mol. The van der Waals surface area contributed by atoms with Gasteiger partial charge in [0.15, 0.2) is 0 Å². The molecule has 0 aliphatic heterocycles. The van der Waals surface area contributed by atoms with Crippen LogP contribution in [0.4, 0.5) is 11.4 Å². The number of carbonyl (C=O) groups is 3. The van der Waals surface area contributed by atoms with Crippen LogP contribution in [0.3, 0.4) is 0 Å². The van der Waals surface area contributed by atoms with E-state index in [1.165, 1.54) is 6.07 Å². The zero-order chi connectivity index (χ0) is 31.8. The first-order valence-electron chi connectivity index (χ1n) is 15.0. The van der Waals surface area contributed by atoms with E-state index in [9.17, 15) is 19.5 Å². The number of aromatic carboxylic acids is 1. The van der Waals surface area contributed by atoms with Gasteiger partial charge < -0.3 is 30.1 Å². The molecule has 0 saturated heterocycles. The summed E-state index contributed by atoms with van der Waals surface area (Å²) in [7, 11) is 3.91. The van der Waals surface area contributed by atoms with E-state index < -0.39 is 5.97 Å². The smallest absolute Gasteiger partial charge is 0.337 e. The Balaban J connectivity index is 1.05. The van der Waals surface area contributed by atoms with E-state index in [1.54, 1.807) is 42.5 Å². The fourth-order valence-electron chi connectivity index (χ4n) is 5.27. The van der Waals surface area contributed by atoms with Crippen molar-refractivity contribution in [3.8, 4) is 17.2 Å². The Bertz CT molecular complexity index is 1630. The van der Waals surface area contributed by atoms with Gasteiger partial charge in [0, 0.05) is 31.4 Å². The number of carbonyl (C=O) groups excluding carboxylic acids is 2. The van der Waals surface area contributed by atoms with Crippen molar-refractivity contribution in [1.82, 2.24) is 5.32 Å². The number of amides is 2. The number of para-hydroxylation sites is 1. The van der Waals surface area contributed by atoms with Gasteiger partial charge >= 0.3 is 5.97 Å². The van der Waals surface area contributed by atoms with Crippen molar-refractivity contribution >= 4 is 29.2 Å². The van der Waals surface area contributed by atoms with Gasteiger partial charge in [-0.3, -0.25) is 9.59 Å². The van der Waals surface area contributed by atoms with E-state index in [0.29, 0.717) is 17.1 Å². The summed E-state index contributed by atoms with van der Waals surface area (Å²) < 4.78 is 12.2. The van der Waals surface area contributed by atoms with Gasteiger partial charge in [0.25, 0.3) is 5.91 Å². The summed E-state index contributed by atoms with van der Waals surface area (Å²) >= 11 is 0. The number of nitrogens with one attached hydrogen (secondary N) is 2. The Morgan fingerprint density at radius 1 is 0.800 bits per heavy atom. The second-order valence-electron chi connectivity index (χ2n) is 11.3. The number of benzene rings is 4. The van der Waals surface area contributed by atoms with E-state index in [2.05, 4.69) is 10.6 Å². The zero-order valence-corrected chi connectivity index (χ0v) is 25.4. The molecule has 1 aliphatic carbocycles. The van der Waals surface area contributed by atoms with Gasteiger partial charge in [-0.05, 0) is 98.0 Å². The number of nitrogens with zero attached hydrogens (tertiary/aromatic N) is 1. The second-order valence-corrected chi connectivity index (χ2v) is 11.3. The highest BCUT2D eigenvalue weighted by Crippen LogP contribution is 2.28. The average Bonchev–Trinajstić information content (AvgIpc) is 3.04. The third-order valence-electron chi connectivity index (χ3n) is 7.72.